The van der Waals surface area contributed by atoms with Crippen molar-refractivity contribution in [1.82, 2.24) is 10.3 Å². The SMILES string of the molecule is CC(C)(CNCCc1ccccn1)C(=O)O. The van der Waals surface area contributed by atoms with Crippen molar-refractivity contribution < 1.29 is 9.90 Å². The Balaban J connectivity index is 2.25. The number of nitrogens with zero attached hydrogens (tertiary/aromatic N) is 1. The summed E-state index contributed by atoms with van der Waals surface area (Å²) >= 11 is 0. The van der Waals surface area contributed by atoms with Gasteiger partial charge in [0.25, 0.3) is 0 Å². The Morgan fingerprint density at radius 1 is 1.50 bits per heavy atom. The van der Waals surface area contributed by atoms with Crippen LogP contribution in [0.3, 0.4) is 0 Å². The molecule has 0 bridgehead atoms. The van der Waals surface area contributed by atoms with Gasteiger partial charge >= 0.3 is 5.97 Å². The third-order valence-electron chi connectivity index (χ3n) is 2.43. The van der Waals surface area contributed by atoms with E-state index in [0.717, 1.165) is 18.7 Å². The van der Waals surface area contributed by atoms with Crippen molar-refractivity contribution in [3.05, 3.63) is 30.1 Å². The summed E-state index contributed by atoms with van der Waals surface area (Å²) in [4.78, 5) is 15.0. The monoisotopic (exact) mass is 222 g/mol. The van der Waals surface area contributed by atoms with Crippen LogP contribution in [0.2, 0.25) is 0 Å². The van der Waals surface area contributed by atoms with E-state index in [1.54, 1.807) is 20.0 Å². The van der Waals surface area contributed by atoms with Crippen LogP contribution in [0.15, 0.2) is 24.4 Å². The first-order chi connectivity index (χ1) is 7.52. The van der Waals surface area contributed by atoms with Crippen molar-refractivity contribution in [2.45, 2.75) is 20.3 Å². The molecule has 0 aromatic carbocycles. The van der Waals surface area contributed by atoms with E-state index in [4.69, 9.17) is 5.11 Å². The first-order valence-corrected chi connectivity index (χ1v) is 5.36. The normalized spacial score (nSPS) is 11.4. The Morgan fingerprint density at radius 3 is 2.81 bits per heavy atom. The molecule has 1 rings (SSSR count). The van der Waals surface area contributed by atoms with Crippen molar-refractivity contribution in [2.24, 2.45) is 5.41 Å². The average Bonchev–Trinajstić information content (AvgIpc) is 2.26. The van der Waals surface area contributed by atoms with Gasteiger partial charge in [-0.3, -0.25) is 9.78 Å². The number of aliphatic carboxylic acids is 1. The predicted molar refractivity (Wildman–Crippen MR) is 62.2 cm³/mol. The molecule has 2 N–H and O–H groups in total. The molecule has 0 unspecified atom stereocenters. The molecular weight excluding hydrogens is 204 g/mol. The molecule has 0 radical (unpaired) electrons. The number of carboxylic acid groups (broad SMARTS) is 1. The summed E-state index contributed by atoms with van der Waals surface area (Å²) in [7, 11) is 0. The van der Waals surface area contributed by atoms with Gasteiger partial charge in [0.1, 0.15) is 0 Å². The summed E-state index contributed by atoms with van der Waals surface area (Å²) < 4.78 is 0. The number of nitrogens with one attached hydrogen (secondary N) is 1. The second kappa shape index (κ2) is 5.61. The number of carboxylic acids is 1. The zero-order valence-electron chi connectivity index (χ0n) is 9.73. The standard InChI is InChI=1S/C12H18N2O2/c1-12(2,11(15)16)9-13-8-6-10-5-3-4-7-14-10/h3-5,7,13H,6,8-9H2,1-2H3,(H,15,16). The maximum Gasteiger partial charge on any atom is 0.310 e. The molecule has 1 aromatic heterocycles. The molecule has 1 heterocycles. The number of carbonyl (C=O) groups is 1. The predicted octanol–water partition coefficient (Wildman–Crippen LogP) is 1.32. The van der Waals surface area contributed by atoms with Crippen LogP contribution in [0.1, 0.15) is 19.5 Å². The minimum Gasteiger partial charge on any atom is -0.481 e. The van der Waals surface area contributed by atoms with Gasteiger partial charge in [0.15, 0.2) is 0 Å². The summed E-state index contributed by atoms with van der Waals surface area (Å²) in [6, 6.07) is 5.79. The minimum atomic E-state index is -0.780. The number of aromatic nitrogens is 1. The van der Waals surface area contributed by atoms with Crippen molar-refractivity contribution in [2.75, 3.05) is 13.1 Å². The molecular formula is C12H18N2O2. The van der Waals surface area contributed by atoms with Gasteiger partial charge in [0.2, 0.25) is 0 Å². The van der Waals surface area contributed by atoms with Crippen LogP contribution in [0.5, 0.6) is 0 Å². The lowest BCUT2D eigenvalue weighted by Gasteiger charge is -2.19. The lowest BCUT2D eigenvalue weighted by atomic mass is 9.94. The molecule has 0 spiro atoms. The fraction of sp³-hybridized carbons (Fsp3) is 0.500. The molecule has 0 saturated carbocycles. The van der Waals surface area contributed by atoms with Crippen molar-refractivity contribution in [3.8, 4) is 0 Å². The van der Waals surface area contributed by atoms with Crippen molar-refractivity contribution in [1.29, 1.82) is 0 Å². The highest BCUT2D eigenvalue weighted by Gasteiger charge is 2.26. The van der Waals surface area contributed by atoms with Crippen LogP contribution in [-0.4, -0.2) is 29.1 Å². The van der Waals surface area contributed by atoms with E-state index in [9.17, 15) is 4.79 Å². The van der Waals surface area contributed by atoms with Gasteiger partial charge in [-0.25, -0.2) is 0 Å². The Labute approximate surface area is 95.7 Å². The highest BCUT2D eigenvalue weighted by atomic mass is 16.4. The van der Waals surface area contributed by atoms with Gasteiger partial charge in [-0.15, -0.1) is 0 Å². The molecule has 0 aliphatic carbocycles. The molecule has 1 aromatic rings. The molecule has 0 fully saturated rings. The van der Waals surface area contributed by atoms with Crippen LogP contribution < -0.4 is 5.32 Å². The Morgan fingerprint density at radius 2 is 2.25 bits per heavy atom. The molecule has 0 saturated heterocycles. The van der Waals surface area contributed by atoms with Gasteiger partial charge in [0, 0.05) is 31.4 Å². The molecule has 16 heavy (non-hydrogen) atoms. The summed E-state index contributed by atoms with van der Waals surface area (Å²) in [5.74, 6) is -0.780. The fourth-order valence-corrected chi connectivity index (χ4v) is 1.24. The molecule has 4 nitrogen and oxygen atoms in total. The molecule has 0 aliphatic rings. The molecule has 88 valence electrons. The van der Waals surface area contributed by atoms with E-state index in [1.807, 2.05) is 18.2 Å². The molecule has 4 heteroatoms. The lowest BCUT2D eigenvalue weighted by Crippen LogP contribution is -2.36. The van der Waals surface area contributed by atoms with Gasteiger partial charge in [-0.1, -0.05) is 6.07 Å². The highest BCUT2D eigenvalue weighted by molar-refractivity contribution is 5.73. The van der Waals surface area contributed by atoms with Gasteiger partial charge < -0.3 is 10.4 Å². The lowest BCUT2D eigenvalue weighted by molar-refractivity contribution is -0.146. The topological polar surface area (TPSA) is 62.2 Å². The van der Waals surface area contributed by atoms with E-state index < -0.39 is 11.4 Å². The Kier molecular flexibility index (Phi) is 4.43. The van der Waals surface area contributed by atoms with Gasteiger partial charge in [0.05, 0.1) is 5.41 Å². The zero-order valence-corrected chi connectivity index (χ0v) is 9.73. The fourth-order valence-electron chi connectivity index (χ4n) is 1.24. The molecule has 0 atom stereocenters. The zero-order chi connectivity index (χ0) is 12.0. The Hall–Kier alpha value is -1.42. The summed E-state index contributed by atoms with van der Waals surface area (Å²) in [6.45, 7) is 4.63. The van der Waals surface area contributed by atoms with E-state index in [-0.39, 0.29) is 0 Å². The maximum atomic E-state index is 10.8. The third kappa shape index (κ3) is 3.98. The maximum absolute atomic E-state index is 10.8. The van der Waals surface area contributed by atoms with Crippen LogP contribution in [0, 0.1) is 5.41 Å². The number of rotatable bonds is 6. The first-order valence-electron chi connectivity index (χ1n) is 5.36. The second-order valence-corrected chi connectivity index (χ2v) is 4.44. The number of hydrogen-bond acceptors (Lipinski definition) is 3. The number of hydrogen-bond donors (Lipinski definition) is 2. The average molecular weight is 222 g/mol. The number of pyridine rings is 1. The van der Waals surface area contributed by atoms with Crippen molar-refractivity contribution >= 4 is 5.97 Å². The molecule has 0 amide bonds. The first kappa shape index (κ1) is 12.6. The van der Waals surface area contributed by atoms with Crippen LogP contribution in [0.4, 0.5) is 0 Å². The minimum absolute atomic E-state index is 0.467. The second-order valence-electron chi connectivity index (χ2n) is 4.44. The van der Waals surface area contributed by atoms with E-state index >= 15 is 0 Å². The summed E-state index contributed by atoms with van der Waals surface area (Å²) in [5.41, 5.74) is 0.299. The van der Waals surface area contributed by atoms with E-state index in [2.05, 4.69) is 10.3 Å². The Bertz CT molecular complexity index is 336. The smallest absolute Gasteiger partial charge is 0.310 e. The third-order valence-corrected chi connectivity index (χ3v) is 2.43. The van der Waals surface area contributed by atoms with Gasteiger partial charge in [-0.2, -0.15) is 0 Å². The van der Waals surface area contributed by atoms with E-state index in [0.29, 0.717) is 6.54 Å². The summed E-state index contributed by atoms with van der Waals surface area (Å²) in [6.07, 6.45) is 2.58. The van der Waals surface area contributed by atoms with E-state index in [1.165, 1.54) is 0 Å². The molecule has 0 aliphatic heterocycles. The summed E-state index contributed by atoms with van der Waals surface area (Å²) in [5, 5.41) is 12.0. The highest BCUT2D eigenvalue weighted by Crippen LogP contribution is 2.12. The van der Waals surface area contributed by atoms with Gasteiger partial charge in [-0.05, 0) is 26.0 Å². The largest absolute Gasteiger partial charge is 0.481 e. The van der Waals surface area contributed by atoms with Crippen LogP contribution in [0.25, 0.3) is 0 Å². The van der Waals surface area contributed by atoms with Crippen LogP contribution in [-0.2, 0) is 11.2 Å². The van der Waals surface area contributed by atoms with Crippen molar-refractivity contribution in [3.63, 3.8) is 0 Å². The van der Waals surface area contributed by atoms with Crippen LogP contribution >= 0.6 is 0 Å². The quantitative estimate of drug-likeness (QED) is 0.713.